The van der Waals surface area contributed by atoms with Crippen LogP contribution in [-0.4, -0.2) is 16.5 Å². The van der Waals surface area contributed by atoms with Crippen LogP contribution < -0.4 is 5.32 Å². The van der Waals surface area contributed by atoms with E-state index in [1.165, 1.54) is 23.3 Å². The number of aromatic nitrogens is 2. The van der Waals surface area contributed by atoms with Gasteiger partial charge in [0.25, 0.3) is 0 Å². The van der Waals surface area contributed by atoms with Crippen molar-refractivity contribution in [3.8, 4) is 11.3 Å². The molecule has 0 saturated carbocycles. The van der Waals surface area contributed by atoms with Gasteiger partial charge in [-0.1, -0.05) is 30.3 Å². The molecule has 1 N–H and O–H groups in total. The van der Waals surface area contributed by atoms with Crippen molar-refractivity contribution in [2.45, 2.75) is 19.4 Å². The number of hydrogen-bond donors (Lipinski definition) is 1. The molecule has 2 heterocycles. The molecule has 0 radical (unpaired) electrons. The van der Waals surface area contributed by atoms with E-state index in [9.17, 15) is 4.39 Å². The molecule has 5 heteroatoms. The predicted molar refractivity (Wildman–Crippen MR) is 99.3 cm³/mol. The highest BCUT2D eigenvalue weighted by molar-refractivity contribution is 5.85. The van der Waals surface area contributed by atoms with E-state index in [-0.39, 0.29) is 18.2 Å². The maximum Gasteiger partial charge on any atom is 0.133 e. The summed E-state index contributed by atoms with van der Waals surface area (Å²) in [6, 6.07) is 16.8. The molecule has 0 spiro atoms. The van der Waals surface area contributed by atoms with Gasteiger partial charge in [0, 0.05) is 24.1 Å². The Morgan fingerprint density at radius 1 is 0.960 bits per heavy atom. The molecule has 0 aliphatic carbocycles. The first-order chi connectivity index (χ1) is 11.8. The van der Waals surface area contributed by atoms with Gasteiger partial charge in [-0.3, -0.25) is 0 Å². The van der Waals surface area contributed by atoms with Crippen LogP contribution in [-0.2, 0) is 19.4 Å². The Hall–Kier alpha value is -2.30. The van der Waals surface area contributed by atoms with Gasteiger partial charge in [0.2, 0.25) is 0 Å². The number of halogens is 2. The summed E-state index contributed by atoms with van der Waals surface area (Å²) in [4.78, 5) is 9.58. The Labute approximate surface area is 152 Å². The molecule has 1 aromatic heterocycles. The third kappa shape index (κ3) is 3.86. The third-order valence-electron chi connectivity index (χ3n) is 4.31. The topological polar surface area (TPSA) is 37.8 Å². The van der Waals surface area contributed by atoms with Crippen molar-refractivity contribution < 1.29 is 4.39 Å². The van der Waals surface area contributed by atoms with Crippen LogP contribution in [0.15, 0.2) is 54.6 Å². The minimum atomic E-state index is -0.229. The van der Waals surface area contributed by atoms with Crippen molar-refractivity contribution in [3.63, 3.8) is 0 Å². The van der Waals surface area contributed by atoms with Crippen molar-refractivity contribution in [2.24, 2.45) is 0 Å². The zero-order chi connectivity index (χ0) is 16.4. The molecule has 0 fully saturated rings. The van der Waals surface area contributed by atoms with Gasteiger partial charge < -0.3 is 5.32 Å². The Morgan fingerprint density at radius 3 is 2.48 bits per heavy atom. The molecule has 0 atom stereocenters. The van der Waals surface area contributed by atoms with Crippen LogP contribution in [0.5, 0.6) is 0 Å². The number of hydrogen-bond acceptors (Lipinski definition) is 3. The summed E-state index contributed by atoms with van der Waals surface area (Å²) in [7, 11) is 0. The SMILES string of the molecule is Cl.Fc1ccc(-c2nc(Cc3ccccc3)nc3c2CCNC3)cc1. The van der Waals surface area contributed by atoms with E-state index in [4.69, 9.17) is 9.97 Å². The lowest BCUT2D eigenvalue weighted by Gasteiger charge is -2.20. The Kier molecular flexibility index (Phi) is 5.41. The van der Waals surface area contributed by atoms with Crippen molar-refractivity contribution in [1.82, 2.24) is 15.3 Å². The lowest BCUT2D eigenvalue weighted by molar-refractivity contribution is 0.619. The molecule has 1 aliphatic rings. The van der Waals surface area contributed by atoms with Gasteiger partial charge in [-0.25, -0.2) is 14.4 Å². The summed E-state index contributed by atoms with van der Waals surface area (Å²) in [5.74, 6) is 0.579. The highest BCUT2D eigenvalue weighted by Crippen LogP contribution is 2.26. The van der Waals surface area contributed by atoms with Crippen molar-refractivity contribution in [3.05, 3.63) is 83.1 Å². The molecular weight excluding hydrogens is 337 g/mol. The fraction of sp³-hybridized carbons (Fsp3) is 0.200. The molecule has 1 aliphatic heterocycles. The monoisotopic (exact) mass is 355 g/mol. The summed E-state index contributed by atoms with van der Waals surface area (Å²) in [5.41, 5.74) is 5.31. The van der Waals surface area contributed by atoms with E-state index in [2.05, 4.69) is 17.4 Å². The average molecular weight is 356 g/mol. The molecule has 0 unspecified atom stereocenters. The van der Waals surface area contributed by atoms with E-state index < -0.39 is 0 Å². The predicted octanol–water partition coefficient (Wildman–Crippen LogP) is 3.94. The summed E-state index contributed by atoms with van der Waals surface area (Å²) in [6.45, 7) is 1.68. The smallest absolute Gasteiger partial charge is 0.133 e. The largest absolute Gasteiger partial charge is 0.311 e. The summed E-state index contributed by atoms with van der Waals surface area (Å²) in [6.07, 6.45) is 1.59. The summed E-state index contributed by atoms with van der Waals surface area (Å²) < 4.78 is 13.3. The van der Waals surface area contributed by atoms with Crippen LogP contribution in [0.1, 0.15) is 22.6 Å². The zero-order valence-electron chi connectivity index (χ0n) is 13.7. The Bertz CT molecular complexity index is 851. The first-order valence-electron chi connectivity index (χ1n) is 8.19. The Morgan fingerprint density at radius 2 is 1.72 bits per heavy atom. The highest BCUT2D eigenvalue weighted by atomic mass is 35.5. The van der Waals surface area contributed by atoms with E-state index >= 15 is 0 Å². The highest BCUT2D eigenvalue weighted by Gasteiger charge is 2.18. The normalized spacial score (nSPS) is 13.0. The van der Waals surface area contributed by atoms with Crippen LogP contribution in [0.2, 0.25) is 0 Å². The van der Waals surface area contributed by atoms with Gasteiger partial charge in [-0.05, 0) is 42.8 Å². The maximum absolute atomic E-state index is 13.3. The maximum atomic E-state index is 13.3. The minimum absolute atomic E-state index is 0. The van der Waals surface area contributed by atoms with Gasteiger partial charge in [-0.2, -0.15) is 0 Å². The quantitative estimate of drug-likeness (QED) is 0.773. The second-order valence-electron chi connectivity index (χ2n) is 6.01. The molecule has 0 bridgehead atoms. The molecule has 3 nitrogen and oxygen atoms in total. The molecule has 3 aromatic rings. The van der Waals surface area contributed by atoms with E-state index in [1.807, 2.05) is 18.2 Å². The lowest BCUT2D eigenvalue weighted by atomic mass is 9.98. The molecule has 4 rings (SSSR count). The first-order valence-corrected chi connectivity index (χ1v) is 8.19. The van der Waals surface area contributed by atoms with E-state index in [0.29, 0.717) is 6.42 Å². The number of nitrogens with zero attached hydrogens (tertiary/aromatic N) is 2. The molecule has 128 valence electrons. The third-order valence-corrected chi connectivity index (χ3v) is 4.31. The van der Waals surface area contributed by atoms with Crippen LogP contribution in [0.25, 0.3) is 11.3 Å². The number of nitrogens with one attached hydrogen (secondary N) is 1. The summed E-state index contributed by atoms with van der Waals surface area (Å²) >= 11 is 0. The number of benzene rings is 2. The number of rotatable bonds is 3. The minimum Gasteiger partial charge on any atom is -0.311 e. The molecule has 2 aromatic carbocycles. The molecule has 25 heavy (non-hydrogen) atoms. The van der Waals surface area contributed by atoms with Crippen molar-refractivity contribution in [1.29, 1.82) is 0 Å². The molecular formula is C20H19ClFN3. The van der Waals surface area contributed by atoms with Crippen molar-refractivity contribution in [2.75, 3.05) is 6.54 Å². The van der Waals surface area contributed by atoms with Gasteiger partial charge in [0.15, 0.2) is 0 Å². The molecule has 0 amide bonds. The fourth-order valence-corrected chi connectivity index (χ4v) is 3.11. The van der Waals surface area contributed by atoms with Crippen LogP contribution >= 0.6 is 12.4 Å². The first kappa shape index (κ1) is 17.5. The van der Waals surface area contributed by atoms with E-state index in [1.54, 1.807) is 12.1 Å². The second kappa shape index (κ2) is 7.72. The second-order valence-corrected chi connectivity index (χ2v) is 6.01. The van der Waals surface area contributed by atoms with E-state index in [0.717, 1.165) is 42.3 Å². The zero-order valence-corrected chi connectivity index (χ0v) is 14.5. The van der Waals surface area contributed by atoms with Gasteiger partial charge in [0.1, 0.15) is 11.6 Å². The standard InChI is InChI=1S/C20H18FN3.ClH/c21-16-8-6-15(7-9-16)20-17-10-11-22-13-18(17)23-19(24-20)12-14-4-2-1-3-5-14;/h1-9,22H,10-13H2;1H. The van der Waals surface area contributed by atoms with Crippen LogP contribution in [0, 0.1) is 5.82 Å². The van der Waals surface area contributed by atoms with Gasteiger partial charge in [-0.15, -0.1) is 12.4 Å². The average Bonchev–Trinajstić information content (AvgIpc) is 2.63. The van der Waals surface area contributed by atoms with Gasteiger partial charge >= 0.3 is 0 Å². The Balaban J connectivity index is 0.00000182. The van der Waals surface area contributed by atoms with Crippen LogP contribution in [0.3, 0.4) is 0 Å². The van der Waals surface area contributed by atoms with Crippen LogP contribution in [0.4, 0.5) is 4.39 Å². The number of fused-ring (bicyclic) bond motifs is 1. The van der Waals surface area contributed by atoms with Crippen molar-refractivity contribution >= 4 is 12.4 Å². The van der Waals surface area contributed by atoms with Gasteiger partial charge in [0.05, 0.1) is 11.4 Å². The fourth-order valence-electron chi connectivity index (χ4n) is 3.11. The summed E-state index contributed by atoms with van der Waals surface area (Å²) in [5, 5.41) is 3.37. The lowest BCUT2D eigenvalue weighted by Crippen LogP contribution is -2.26. The molecule has 0 saturated heterocycles.